The maximum Gasteiger partial charge on any atom is 0.325 e. The Kier molecular flexibility index (Phi) is 5.53. The molecule has 1 heterocycles. The van der Waals surface area contributed by atoms with Crippen LogP contribution in [0.15, 0.2) is 0 Å². The van der Waals surface area contributed by atoms with Gasteiger partial charge >= 0.3 is 12.0 Å². The third kappa shape index (κ3) is 4.32. The molecule has 0 aromatic rings. The molecule has 4 aliphatic carbocycles. The van der Waals surface area contributed by atoms with Crippen LogP contribution in [-0.4, -0.2) is 54.0 Å². The molecule has 0 unspecified atom stereocenters. The van der Waals surface area contributed by atoms with E-state index < -0.39 is 17.5 Å². The van der Waals surface area contributed by atoms with E-state index >= 15 is 0 Å². The number of hydrogen-bond donors (Lipinski definition) is 2. The highest BCUT2D eigenvalue weighted by atomic mass is 16.5. The first-order valence-electron chi connectivity index (χ1n) is 11.2. The van der Waals surface area contributed by atoms with Gasteiger partial charge in [0.25, 0.3) is 11.8 Å². The van der Waals surface area contributed by atoms with Crippen molar-refractivity contribution in [2.75, 3.05) is 19.7 Å². The lowest BCUT2D eigenvalue weighted by Crippen LogP contribution is -2.51. The van der Waals surface area contributed by atoms with Gasteiger partial charge in [-0.25, -0.2) is 4.79 Å². The average molecular weight is 420 g/mol. The first kappa shape index (κ1) is 21.1. The molecular weight excluding hydrogens is 386 g/mol. The first-order valence-corrected chi connectivity index (χ1v) is 11.2. The van der Waals surface area contributed by atoms with Crippen molar-refractivity contribution in [3.8, 4) is 0 Å². The molecule has 166 valence electrons. The Morgan fingerprint density at radius 2 is 1.70 bits per heavy atom. The maximum absolute atomic E-state index is 12.2. The van der Waals surface area contributed by atoms with Crippen molar-refractivity contribution in [3.63, 3.8) is 0 Å². The fourth-order valence-corrected chi connectivity index (χ4v) is 6.46. The van der Waals surface area contributed by atoms with Crippen molar-refractivity contribution in [1.29, 1.82) is 0 Å². The van der Waals surface area contributed by atoms with Crippen LogP contribution in [0.2, 0.25) is 0 Å². The van der Waals surface area contributed by atoms with Gasteiger partial charge < -0.3 is 15.4 Å². The molecule has 8 nitrogen and oxygen atoms in total. The quantitative estimate of drug-likeness (QED) is 0.462. The van der Waals surface area contributed by atoms with Crippen LogP contribution >= 0.6 is 0 Å². The van der Waals surface area contributed by atoms with Gasteiger partial charge in [0.2, 0.25) is 0 Å². The smallest absolute Gasteiger partial charge is 0.325 e. The highest BCUT2D eigenvalue weighted by Crippen LogP contribution is 2.59. The van der Waals surface area contributed by atoms with Gasteiger partial charge in [0.1, 0.15) is 5.54 Å². The van der Waals surface area contributed by atoms with E-state index in [4.69, 9.17) is 4.74 Å². The summed E-state index contributed by atoms with van der Waals surface area (Å²) in [5.41, 5.74) is -0.655. The summed E-state index contributed by atoms with van der Waals surface area (Å²) >= 11 is 0. The number of urea groups is 1. The number of carbonyl (C=O) groups is 4. The van der Waals surface area contributed by atoms with Gasteiger partial charge in [0.15, 0.2) is 6.61 Å². The standard InChI is InChI=1S/C22H33N3O5/c1-21(2)19(28)25(20(29)24-21)5-3-4-18(27)30-12-17(26)23-13-22-9-14-6-15(10-22)8-16(7-14)11-22/h14-16H,3-13H2,1-2H3,(H,23,26)(H,24,29). The lowest BCUT2D eigenvalue weighted by Gasteiger charge is -2.56. The normalized spacial score (nSPS) is 33.5. The lowest BCUT2D eigenvalue weighted by molar-refractivity contribution is -0.149. The highest BCUT2D eigenvalue weighted by Gasteiger charge is 2.50. The zero-order valence-electron chi connectivity index (χ0n) is 18.0. The molecule has 30 heavy (non-hydrogen) atoms. The highest BCUT2D eigenvalue weighted by molar-refractivity contribution is 6.06. The van der Waals surface area contributed by atoms with E-state index in [-0.39, 0.29) is 36.8 Å². The maximum atomic E-state index is 12.2. The van der Waals surface area contributed by atoms with Crippen molar-refractivity contribution >= 4 is 23.8 Å². The first-order chi connectivity index (χ1) is 14.2. The molecule has 0 spiro atoms. The second-order valence-electron chi connectivity index (χ2n) is 10.5. The van der Waals surface area contributed by atoms with E-state index in [0.717, 1.165) is 22.7 Å². The zero-order chi connectivity index (χ0) is 21.5. The van der Waals surface area contributed by atoms with Crippen LogP contribution in [0.4, 0.5) is 4.79 Å². The van der Waals surface area contributed by atoms with Crippen molar-refractivity contribution < 1.29 is 23.9 Å². The third-order valence-electron chi connectivity index (χ3n) is 7.40. The second-order valence-corrected chi connectivity index (χ2v) is 10.5. The summed E-state index contributed by atoms with van der Waals surface area (Å²) < 4.78 is 5.08. The van der Waals surface area contributed by atoms with Crippen molar-refractivity contribution in [3.05, 3.63) is 0 Å². The lowest BCUT2D eigenvalue weighted by atomic mass is 9.49. The third-order valence-corrected chi connectivity index (χ3v) is 7.40. The fourth-order valence-electron chi connectivity index (χ4n) is 6.46. The summed E-state index contributed by atoms with van der Waals surface area (Å²) in [6.07, 6.45) is 8.13. The van der Waals surface area contributed by atoms with Gasteiger partial charge in [-0.15, -0.1) is 0 Å². The summed E-state index contributed by atoms with van der Waals surface area (Å²) in [5.74, 6) is 1.45. The Hall–Kier alpha value is -2.12. The number of nitrogens with zero attached hydrogens (tertiary/aromatic N) is 1. The number of esters is 1. The molecule has 0 aromatic heterocycles. The number of nitrogens with one attached hydrogen (secondary N) is 2. The molecule has 0 atom stereocenters. The van der Waals surface area contributed by atoms with Gasteiger partial charge in [0.05, 0.1) is 0 Å². The molecule has 4 saturated carbocycles. The largest absolute Gasteiger partial charge is 0.456 e. The van der Waals surface area contributed by atoms with Gasteiger partial charge in [-0.2, -0.15) is 0 Å². The Morgan fingerprint density at radius 3 is 2.23 bits per heavy atom. The molecule has 4 amide bonds. The molecule has 2 N–H and O–H groups in total. The molecule has 5 rings (SSSR count). The minimum Gasteiger partial charge on any atom is -0.456 e. The molecule has 8 heteroatoms. The van der Waals surface area contributed by atoms with E-state index in [9.17, 15) is 19.2 Å². The molecule has 1 aliphatic heterocycles. The minimum absolute atomic E-state index is 0.0553. The molecule has 4 bridgehead atoms. The van der Waals surface area contributed by atoms with E-state index in [1.807, 2.05) is 0 Å². The Labute approximate surface area is 177 Å². The Morgan fingerprint density at radius 1 is 1.10 bits per heavy atom. The van der Waals surface area contributed by atoms with E-state index in [0.29, 0.717) is 13.0 Å². The summed E-state index contributed by atoms with van der Waals surface area (Å²) in [7, 11) is 0. The van der Waals surface area contributed by atoms with Gasteiger partial charge in [0, 0.05) is 19.5 Å². The van der Waals surface area contributed by atoms with E-state index in [1.54, 1.807) is 13.8 Å². The van der Waals surface area contributed by atoms with Gasteiger partial charge in [-0.1, -0.05) is 0 Å². The Bertz CT molecular complexity index is 712. The number of imide groups is 1. The fraction of sp³-hybridized carbons (Fsp3) is 0.818. The topological polar surface area (TPSA) is 105 Å². The Balaban J connectivity index is 1.13. The summed E-state index contributed by atoms with van der Waals surface area (Å²) in [5, 5.41) is 5.60. The van der Waals surface area contributed by atoms with Crippen LogP contribution in [0.5, 0.6) is 0 Å². The second kappa shape index (κ2) is 7.85. The van der Waals surface area contributed by atoms with Crippen molar-refractivity contribution in [1.82, 2.24) is 15.5 Å². The molecule has 0 aromatic carbocycles. The van der Waals surface area contributed by atoms with Crippen LogP contribution in [0.25, 0.3) is 0 Å². The van der Waals surface area contributed by atoms with Crippen molar-refractivity contribution in [2.45, 2.75) is 70.8 Å². The van der Waals surface area contributed by atoms with Crippen LogP contribution in [-0.2, 0) is 19.1 Å². The molecule has 5 fully saturated rings. The summed E-state index contributed by atoms with van der Waals surface area (Å²) in [6.45, 7) is 3.85. The number of hydrogen-bond acceptors (Lipinski definition) is 5. The summed E-state index contributed by atoms with van der Waals surface area (Å²) in [4.78, 5) is 49.2. The zero-order valence-corrected chi connectivity index (χ0v) is 18.0. The van der Waals surface area contributed by atoms with Crippen LogP contribution in [0.3, 0.4) is 0 Å². The van der Waals surface area contributed by atoms with E-state index in [1.165, 1.54) is 38.5 Å². The molecular formula is C22H33N3O5. The monoisotopic (exact) mass is 419 g/mol. The summed E-state index contributed by atoms with van der Waals surface area (Å²) in [6, 6.07) is -0.442. The number of rotatable bonds is 8. The van der Waals surface area contributed by atoms with Crippen LogP contribution < -0.4 is 10.6 Å². The van der Waals surface area contributed by atoms with Gasteiger partial charge in [-0.3, -0.25) is 19.3 Å². The number of amides is 4. The van der Waals surface area contributed by atoms with Crippen LogP contribution in [0, 0.1) is 23.2 Å². The predicted molar refractivity (Wildman–Crippen MR) is 108 cm³/mol. The van der Waals surface area contributed by atoms with Gasteiger partial charge in [-0.05, 0) is 82.0 Å². The van der Waals surface area contributed by atoms with E-state index in [2.05, 4.69) is 10.6 Å². The average Bonchev–Trinajstić information content (AvgIpc) is 2.85. The van der Waals surface area contributed by atoms with Crippen molar-refractivity contribution in [2.24, 2.45) is 23.2 Å². The molecule has 0 radical (unpaired) electrons. The minimum atomic E-state index is -0.910. The SMILES string of the molecule is CC1(C)NC(=O)N(CCCC(=O)OCC(=O)NCC23CC4CC(CC(C4)C2)C3)C1=O. The van der Waals surface area contributed by atoms with Crippen LogP contribution in [0.1, 0.15) is 65.2 Å². The molecule has 5 aliphatic rings. The number of ether oxygens (including phenoxy) is 1. The molecule has 1 saturated heterocycles. The predicted octanol–water partition coefficient (Wildman–Crippen LogP) is 1.97. The number of carbonyl (C=O) groups excluding carboxylic acids is 4.